The predicted octanol–water partition coefficient (Wildman–Crippen LogP) is 2.68. The molecule has 3 rings (SSSR count). The number of benzene rings is 2. The van der Waals surface area contributed by atoms with Crippen LogP contribution in [0, 0.1) is 0 Å². The maximum absolute atomic E-state index is 12.8. The van der Waals surface area contributed by atoms with E-state index >= 15 is 0 Å². The molecule has 0 aliphatic heterocycles. The van der Waals surface area contributed by atoms with Gasteiger partial charge in [-0.05, 0) is 43.4 Å². The maximum atomic E-state index is 12.8. The summed E-state index contributed by atoms with van der Waals surface area (Å²) >= 11 is 0. The monoisotopic (exact) mass is 422 g/mol. The number of hydrogen-bond donors (Lipinski definition) is 1. The van der Waals surface area contributed by atoms with Crippen molar-refractivity contribution in [1.29, 1.82) is 0 Å². The topological polar surface area (TPSA) is 93.5 Å². The minimum atomic E-state index is -0.443. The second-order valence-corrected chi connectivity index (χ2v) is 7.02. The lowest BCUT2D eigenvalue weighted by Gasteiger charge is -2.17. The van der Waals surface area contributed by atoms with E-state index in [2.05, 4.69) is 29.2 Å². The number of aromatic nitrogens is 2. The number of rotatable bonds is 8. The summed E-state index contributed by atoms with van der Waals surface area (Å²) in [4.78, 5) is 39.4. The summed E-state index contributed by atoms with van der Waals surface area (Å²) in [6.07, 6.45) is 0. The average molecular weight is 422 g/mol. The van der Waals surface area contributed by atoms with Crippen LogP contribution in [0.3, 0.4) is 0 Å². The third-order valence-corrected chi connectivity index (χ3v) is 5.09. The predicted molar refractivity (Wildman–Crippen MR) is 119 cm³/mol. The fourth-order valence-electron chi connectivity index (χ4n) is 3.24. The van der Waals surface area contributed by atoms with Gasteiger partial charge in [-0.15, -0.1) is 0 Å². The Balaban J connectivity index is 1.68. The van der Waals surface area contributed by atoms with E-state index in [-0.39, 0.29) is 11.3 Å². The number of esters is 1. The standard InChI is InChI=1S/C23H26N4O4/c1-4-27(5-2)14-15-31-23(30)16-10-12-17(13-11-16)24-21(28)20-18-8-6-7-9-19(18)22(29)26(3)25-20/h6-13H,4-5,14-15H2,1-3H3,(H,24,28). The molecule has 0 saturated heterocycles. The van der Waals surface area contributed by atoms with Gasteiger partial charge in [-0.25, -0.2) is 9.48 Å². The minimum absolute atomic E-state index is 0.151. The van der Waals surface area contributed by atoms with Crippen molar-refractivity contribution in [3.8, 4) is 0 Å². The Morgan fingerprint density at radius 3 is 2.32 bits per heavy atom. The third kappa shape index (κ3) is 5.16. The number of nitrogens with one attached hydrogen (secondary N) is 1. The molecular formula is C23H26N4O4. The Morgan fingerprint density at radius 1 is 1.03 bits per heavy atom. The zero-order valence-corrected chi connectivity index (χ0v) is 17.9. The molecule has 162 valence electrons. The van der Waals surface area contributed by atoms with Crippen LogP contribution in [-0.2, 0) is 11.8 Å². The maximum Gasteiger partial charge on any atom is 0.338 e. The number of carbonyl (C=O) groups excluding carboxylic acids is 2. The Bertz CT molecular complexity index is 1130. The molecule has 0 spiro atoms. The molecule has 8 heteroatoms. The zero-order valence-electron chi connectivity index (χ0n) is 17.9. The largest absolute Gasteiger partial charge is 0.461 e. The van der Waals surface area contributed by atoms with Gasteiger partial charge >= 0.3 is 5.97 Å². The van der Waals surface area contributed by atoms with E-state index in [4.69, 9.17) is 4.74 Å². The summed E-state index contributed by atoms with van der Waals surface area (Å²) in [7, 11) is 1.51. The van der Waals surface area contributed by atoms with Crippen LogP contribution in [0.15, 0.2) is 53.3 Å². The van der Waals surface area contributed by atoms with Crippen molar-refractivity contribution in [2.75, 3.05) is 31.6 Å². The molecule has 0 aliphatic rings. The molecule has 0 unspecified atom stereocenters. The molecule has 0 bridgehead atoms. The fourth-order valence-corrected chi connectivity index (χ4v) is 3.24. The molecule has 1 heterocycles. The number of nitrogens with zero attached hydrogens (tertiary/aromatic N) is 3. The van der Waals surface area contributed by atoms with Crippen LogP contribution in [0.1, 0.15) is 34.7 Å². The Kier molecular flexibility index (Phi) is 7.15. The van der Waals surface area contributed by atoms with Gasteiger partial charge in [0.15, 0.2) is 5.69 Å². The van der Waals surface area contributed by atoms with Crippen LogP contribution in [0.2, 0.25) is 0 Å². The molecule has 1 N–H and O–H groups in total. The van der Waals surface area contributed by atoms with Crippen molar-refractivity contribution >= 4 is 28.3 Å². The van der Waals surface area contributed by atoms with E-state index in [1.165, 1.54) is 7.05 Å². The highest BCUT2D eigenvalue weighted by molar-refractivity contribution is 6.11. The highest BCUT2D eigenvalue weighted by Crippen LogP contribution is 2.16. The van der Waals surface area contributed by atoms with Crippen LogP contribution in [0.25, 0.3) is 10.8 Å². The van der Waals surface area contributed by atoms with Gasteiger partial charge in [0.2, 0.25) is 0 Å². The zero-order chi connectivity index (χ0) is 22.4. The fraction of sp³-hybridized carbons (Fsp3) is 0.304. The second kappa shape index (κ2) is 9.99. The molecule has 0 radical (unpaired) electrons. The van der Waals surface area contributed by atoms with Crippen LogP contribution < -0.4 is 10.9 Å². The molecule has 0 aliphatic carbocycles. The van der Waals surface area contributed by atoms with E-state index < -0.39 is 11.9 Å². The van der Waals surface area contributed by atoms with Crippen molar-refractivity contribution in [2.45, 2.75) is 13.8 Å². The minimum Gasteiger partial charge on any atom is -0.461 e. The highest BCUT2D eigenvalue weighted by Gasteiger charge is 2.16. The first-order chi connectivity index (χ1) is 14.9. The lowest BCUT2D eigenvalue weighted by atomic mass is 10.1. The molecule has 31 heavy (non-hydrogen) atoms. The summed E-state index contributed by atoms with van der Waals surface area (Å²) in [6, 6.07) is 13.3. The van der Waals surface area contributed by atoms with Gasteiger partial charge in [-0.1, -0.05) is 32.0 Å². The number of hydrogen-bond acceptors (Lipinski definition) is 6. The summed E-state index contributed by atoms with van der Waals surface area (Å²) in [5, 5.41) is 7.79. The number of ether oxygens (including phenoxy) is 1. The van der Waals surface area contributed by atoms with Crippen molar-refractivity contribution < 1.29 is 14.3 Å². The number of fused-ring (bicyclic) bond motifs is 1. The third-order valence-electron chi connectivity index (χ3n) is 5.09. The van der Waals surface area contributed by atoms with Gasteiger partial charge in [-0.2, -0.15) is 5.10 Å². The number of amides is 1. The van der Waals surface area contributed by atoms with Crippen LogP contribution in [0.5, 0.6) is 0 Å². The van der Waals surface area contributed by atoms with Gasteiger partial charge in [0.1, 0.15) is 6.61 Å². The molecule has 0 atom stereocenters. The van der Waals surface area contributed by atoms with Crippen LogP contribution in [-0.4, -0.2) is 52.8 Å². The van der Waals surface area contributed by atoms with Gasteiger partial charge in [-0.3, -0.25) is 9.59 Å². The van der Waals surface area contributed by atoms with Gasteiger partial charge in [0.05, 0.1) is 10.9 Å². The first-order valence-electron chi connectivity index (χ1n) is 10.2. The number of carbonyl (C=O) groups is 2. The molecule has 0 saturated carbocycles. The summed E-state index contributed by atoms with van der Waals surface area (Å²) in [5.74, 6) is -0.850. The Hall–Kier alpha value is -3.52. The lowest BCUT2D eigenvalue weighted by Crippen LogP contribution is -2.27. The molecule has 1 aromatic heterocycles. The SMILES string of the molecule is CCN(CC)CCOC(=O)c1ccc(NC(=O)c2nn(C)c(=O)c3ccccc23)cc1. The smallest absolute Gasteiger partial charge is 0.338 e. The van der Waals surface area contributed by atoms with E-state index in [9.17, 15) is 14.4 Å². The van der Waals surface area contributed by atoms with Gasteiger partial charge in [0, 0.05) is 24.7 Å². The number of aryl methyl sites for hydroxylation is 1. The van der Waals surface area contributed by atoms with Crippen molar-refractivity contribution in [1.82, 2.24) is 14.7 Å². The molecule has 3 aromatic rings. The highest BCUT2D eigenvalue weighted by atomic mass is 16.5. The second-order valence-electron chi connectivity index (χ2n) is 7.02. The quantitative estimate of drug-likeness (QED) is 0.561. The molecule has 1 amide bonds. The van der Waals surface area contributed by atoms with Crippen molar-refractivity contribution in [3.63, 3.8) is 0 Å². The lowest BCUT2D eigenvalue weighted by molar-refractivity contribution is 0.0466. The van der Waals surface area contributed by atoms with Crippen LogP contribution >= 0.6 is 0 Å². The van der Waals surface area contributed by atoms with Crippen molar-refractivity contribution in [3.05, 3.63) is 70.1 Å². The normalized spacial score (nSPS) is 11.0. The summed E-state index contributed by atoms with van der Waals surface area (Å²) in [5.41, 5.74) is 0.793. The van der Waals surface area contributed by atoms with Crippen LogP contribution in [0.4, 0.5) is 5.69 Å². The number of likely N-dealkylation sites (N-methyl/N-ethyl adjacent to an activating group) is 1. The van der Waals surface area contributed by atoms with E-state index in [0.717, 1.165) is 17.8 Å². The van der Waals surface area contributed by atoms with Gasteiger partial charge < -0.3 is 15.0 Å². The molecule has 0 fully saturated rings. The van der Waals surface area contributed by atoms with Gasteiger partial charge in [0.25, 0.3) is 11.5 Å². The first kappa shape index (κ1) is 22.2. The van der Waals surface area contributed by atoms with Crippen molar-refractivity contribution in [2.24, 2.45) is 7.05 Å². The number of anilines is 1. The van der Waals surface area contributed by atoms with E-state index in [0.29, 0.717) is 35.2 Å². The molecular weight excluding hydrogens is 396 g/mol. The Morgan fingerprint density at radius 2 is 1.68 bits per heavy atom. The molecule has 8 nitrogen and oxygen atoms in total. The molecule has 2 aromatic carbocycles. The van der Waals surface area contributed by atoms with E-state index in [1.54, 1.807) is 48.5 Å². The van der Waals surface area contributed by atoms with E-state index in [1.807, 2.05) is 0 Å². The first-order valence-corrected chi connectivity index (χ1v) is 10.2. The average Bonchev–Trinajstić information content (AvgIpc) is 2.79. The summed E-state index contributed by atoms with van der Waals surface area (Å²) in [6.45, 7) is 6.94. The Labute approximate surface area is 180 Å². The summed E-state index contributed by atoms with van der Waals surface area (Å²) < 4.78 is 6.46.